The van der Waals surface area contributed by atoms with Gasteiger partial charge in [0.05, 0.1) is 22.4 Å². The van der Waals surface area contributed by atoms with Crippen molar-refractivity contribution in [3.8, 4) is 28.1 Å². The van der Waals surface area contributed by atoms with Gasteiger partial charge >= 0.3 is 0 Å². The van der Waals surface area contributed by atoms with Crippen LogP contribution < -0.4 is 0 Å². The number of aromatic nitrogens is 2. The van der Waals surface area contributed by atoms with Crippen LogP contribution >= 0.6 is 0 Å². The summed E-state index contributed by atoms with van der Waals surface area (Å²) in [7, 11) is 0. The highest BCUT2D eigenvalue weighted by Crippen LogP contribution is 2.42. The Balaban J connectivity index is 1.21. The number of furan rings is 2. The number of pyridine rings is 1. The molecule has 0 aliphatic heterocycles. The molecule has 236 valence electrons. The van der Waals surface area contributed by atoms with Gasteiger partial charge in [0.15, 0.2) is 11.2 Å². The summed E-state index contributed by atoms with van der Waals surface area (Å²) >= 11 is 0. The van der Waals surface area contributed by atoms with Crippen molar-refractivity contribution in [2.24, 2.45) is 0 Å². The van der Waals surface area contributed by atoms with Gasteiger partial charge in [0.1, 0.15) is 11.2 Å². The molecule has 0 radical (unpaired) electrons. The summed E-state index contributed by atoms with van der Waals surface area (Å²) in [5.41, 5.74) is 12.8. The number of rotatable bonds is 5. The average Bonchev–Trinajstić information content (AvgIpc) is 3.82. The van der Waals surface area contributed by atoms with Crippen LogP contribution in [0.4, 0.5) is 0 Å². The minimum absolute atomic E-state index is 0.816. The van der Waals surface area contributed by atoms with Gasteiger partial charge in [-0.2, -0.15) is 0 Å². The summed E-state index contributed by atoms with van der Waals surface area (Å²) < 4.78 is 15.8. The first kappa shape index (κ1) is 28.4. The minimum atomic E-state index is 0.816. The van der Waals surface area contributed by atoms with Crippen LogP contribution in [0.25, 0.3) is 99.8 Å². The summed E-state index contributed by atoms with van der Waals surface area (Å²) in [6.45, 7) is 6.09. The van der Waals surface area contributed by atoms with E-state index in [-0.39, 0.29) is 0 Å². The maximum Gasteiger partial charge on any atom is 0.160 e. The van der Waals surface area contributed by atoms with E-state index in [4.69, 9.17) is 13.8 Å². The van der Waals surface area contributed by atoms with Gasteiger partial charge in [-0.3, -0.25) is 0 Å². The highest BCUT2D eigenvalue weighted by Gasteiger charge is 2.23. The largest absolute Gasteiger partial charge is 0.454 e. The van der Waals surface area contributed by atoms with Crippen LogP contribution in [0.15, 0.2) is 161 Å². The molecule has 0 atom stereocenters. The number of allylic oxidation sites excluding steroid dienone is 2. The van der Waals surface area contributed by atoms with Crippen LogP contribution in [0.3, 0.4) is 0 Å². The van der Waals surface area contributed by atoms with E-state index in [0.29, 0.717) is 0 Å². The van der Waals surface area contributed by atoms with E-state index in [1.807, 2.05) is 36.4 Å². The zero-order valence-corrected chi connectivity index (χ0v) is 27.4. The summed E-state index contributed by atoms with van der Waals surface area (Å²) in [5, 5.41) is 6.55. The molecule has 0 amide bonds. The lowest BCUT2D eigenvalue weighted by atomic mass is 9.98. The lowest BCUT2D eigenvalue weighted by Gasteiger charge is -2.10. The van der Waals surface area contributed by atoms with E-state index < -0.39 is 0 Å². The third-order valence-electron chi connectivity index (χ3n) is 9.97. The van der Waals surface area contributed by atoms with Gasteiger partial charge in [-0.15, -0.1) is 0 Å². The van der Waals surface area contributed by atoms with Crippen LogP contribution in [0.5, 0.6) is 0 Å². The number of hydrogen-bond donors (Lipinski definition) is 0. The smallest absolute Gasteiger partial charge is 0.160 e. The molecule has 4 heterocycles. The molecule has 0 bridgehead atoms. The van der Waals surface area contributed by atoms with Crippen molar-refractivity contribution in [3.05, 3.63) is 163 Å². The normalized spacial score (nSPS) is 12.1. The summed E-state index contributed by atoms with van der Waals surface area (Å²) in [6.07, 6.45) is 5.93. The Bertz CT molecular complexity index is 3010. The molecule has 4 heteroatoms. The molecule has 4 aromatic heterocycles. The van der Waals surface area contributed by atoms with Crippen LogP contribution in [0.2, 0.25) is 0 Å². The van der Waals surface area contributed by atoms with Crippen molar-refractivity contribution in [1.29, 1.82) is 0 Å². The van der Waals surface area contributed by atoms with E-state index in [0.717, 1.165) is 105 Å². The highest BCUT2D eigenvalue weighted by atomic mass is 16.3. The second kappa shape index (κ2) is 10.9. The molecule has 0 fully saturated rings. The third-order valence-corrected chi connectivity index (χ3v) is 9.97. The van der Waals surface area contributed by atoms with Crippen molar-refractivity contribution >= 4 is 71.8 Å². The highest BCUT2D eigenvalue weighted by molar-refractivity contribution is 6.17. The summed E-state index contributed by atoms with van der Waals surface area (Å²) in [6, 6.07) is 46.5. The molecule has 6 aromatic carbocycles. The first-order valence-electron chi connectivity index (χ1n) is 16.8. The van der Waals surface area contributed by atoms with Crippen molar-refractivity contribution in [2.75, 3.05) is 0 Å². The standard InChI is InChI=1S/C46H30N2O2/c1-3-4-15-31-28(2)48(44-35(31)24-25-37-33-17-9-11-21-42(33)49-46(37)44)41-20-12-18-36-34-23-22-30(26-43(34)50-45(36)41)40-27-38(29-13-6-5-7-14-29)32-16-8-10-19-39(32)47-40/h3-27H,1H2,2H3/b15-4-. The minimum Gasteiger partial charge on any atom is -0.454 e. The molecule has 50 heavy (non-hydrogen) atoms. The van der Waals surface area contributed by atoms with E-state index in [1.165, 1.54) is 0 Å². The van der Waals surface area contributed by atoms with Gasteiger partial charge in [0.25, 0.3) is 0 Å². The van der Waals surface area contributed by atoms with Gasteiger partial charge in [0.2, 0.25) is 0 Å². The van der Waals surface area contributed by atoms with E-state index >= 15 is 0 Å². The van der Waals surface area contributed by atoms with Gasteiger partial charge in [-0.05, 0) is 60.5 Å². The second-order valence-corrected chi connectivity index (χ2v) is 12.8. The molecule has 0 aliphatic carbocycles. The molecule has 0 saturated heterocycles. The Hall–Kier alpha value is -6.65. The van der Waals surface area contributed by atoms with E-state index in [9.17, 15) is 0 Å². The Morgan fingerprint density at radius 2 is 1.30 bits per heavy atom. The fraction of sp³-hybridized carbons (Fsp3) is 0.0217. The molecule has 0 spiro atoms. The Morgan fingerprint density at radius 1 is 0.600 bits per heavy atom. The van der Waals surface area contributed by atoms with E-state index in [1.54, 1.807) is 0 Å². The fourth-order valence-electron chi connectivity index (χ4n) is 7.67. The lowest BCUT2D eigenvalue weighted by Crippen LogP contribution is -1.97. The van der Waals surface area contributed by atoms with Crippen molar-refractivity contribution in [3.63, 3.8) is 0 Å². The maximum absolute atomic E-state index is 6.85. The third kappa shape index (κ3) is 4.15. The summed E-state index contributed by atoms with van der Waals surface area (Å²) in [4.78, 5) is 5.11. The van der Waals surface area contributed by atoms with Gasteiger partial charge in [-0.1, -0.05) is 116 Å². The Morgan fingerprint density at radius 3 is 2.18 bits per heavy atom. The molecular weight excluding hydrogens is 613 g/mol. The number of hydrogen-bond acceptors (Lipinski definition) is 3. The molecule has 0 aliphatic rings. The predicted octanol–water partition coefficient (Wildman–Crippen LogP) is 12.8. The molecule has 10 rings (SSSR count). The SMILES string of the molecule is C=C/C=C\c1c(C)n(-c2cccc3c2oc2cc(-c4cc(-c5ccccc5)c5ccccc5n4)ccc23)c2c1ccc1c3ccccc3oc12. The maximum atomic E-state index is 6.85. The van der Waals surface area contributed by atoms with Crippen molar-refractivity contribution < 1.29 is 8.83 Å². The average molecular weight is 643 g/mol. The van der Waals surface area contributed by atoms with E-state index in [2.05, 4.69) is 133 Å². The molecule has 10 aromatic rings. The Kier molecular flexibility index (Phi) is 6.21. The lowest BCUT2D eigenvalue weighted by molar-refractivity contribution is 0.663. The predicted molar refractivity (Wildman–Crippen MR) is 208 cm³/mol. The molecule has 4 nitrogen and oxygen atoms in total. The van der Waals surface area contributed by atoms with Gasteiger partial charge in [-0.25, -0.2) is 4.98 Å². The molecule has 0 N–H and O–H groups in total. The molecule has 0 unspecified atom stereocenters. The van der Waals surface area contributed by atoms with Crippen LogP contribution in [0, 0.1) is 6.92 Å². The van der Waals surface area contributed by atoms with Crippen molar-refractivity contribution in [2.45, 2.75) is 6.92 Å². The van der Waals surface area contributed by atoms with Crippen LogP contribution in [-0.2, 0) is 0 Å². The quantitative estimate of drug-likeness (QED) is 0.176. The molecule has 0 saturated carbocycles. The number of nitrogens with zero attached hydrogens (tertiary/aromatic N) is 2. The first-order valence-corrected chi connectivity index (χ1v) is 16.8. The fourth-order valence-corrected chi connectivity index (χ4v) is 7.67. The van der Waals surface area contributed by atoms with Crippen LogP contribution in [-0.4, -0.2) is 9.55 Å². The second-order valence-electron chi connectivity index (χ2n) is 12.8. The topological polar surface area (TPSA) is 44.1 Å². The summed E-state index contributed by atoms with van der Waals surface area (Å²) in [5.74, 6) is 0. The zero-order chi connectivity index (χ0) is 33.3. The molecular formula is C46H30N2O2. The number of fused-ring (bicyclic) bond motifs is 9. The Labute approximate surface area is 287 Å². The monoisotopic (exact) mass is 642 g/mol. The van der Waals surface area contributed by atoms with Gasteiger partial charge < -0.3 is 13.4 Å². The number of benzene rings is 6. The first-order chi connectivity index (χ1) is 24.7. The zero-order valence-electron chi connectivity index (χ0n) is 27.4. The van der Waals surface area contributed by atoms with Crippen LogP contribution in [0.1, 0.15) is 11.3 Å². The van der Waals surface area contributed by atoms with Gasteiger partial charge in [0, 0.05) is 49.1 Å². The van der Waals surface area contributed by atoms with Crippen molar-refractivity contribution in [1.82, 2.24) is 9.55 Å². The number of para-hydroxylation sites is 3.